The molecule has 0 amide bonds. The Morgan fingerprint density at radius 1 is 1.04 bits per heavy atom. The number of fused-ring (bicyclic) bond motifs is 4. The van der Waals surface area contributed by atoms with Gasteiger partial charge < -0.3 is 9.47 Å². The van der Waals surface area contributed by atoms with Gasteiger partial charge in [0, 0.05) is 22.5 Å². The Labute approximate surface area is 158 Å². The molecule has 7 rings (SSSR count). The second-order valence-corrected chi connectivity index (χ2v) is 9.49. The zero-order valence-corrected chi connectivity index (χ0v) is 15.5. The number of ether oxygens (including phenoxy) is 2. The second-order valence-electron chi connectivity index (χ2n) is 9.49. The minimum atomic E-state index is -0.560. The summed E-state index contributed by atoms with van der Waals surface area (Å²) in [6.45, 7) is 2.86. The van der Waals surface area contributed by atoms with Gasteiger partial charge in [-0.25, -0.2) is 0 Å². The van der Waals surface area contributed by atoms with Crippen LogP contribution in [0, 0.1) is 35.0 Å². The fourth-order valence-corrected chi connectivity index (χ4v) is 7.47. The highest BCUT2D eigenvalue weighted by atomic mass is 16.6. The molecule has 0 N–H and O–H groups in total. The largest absolute Gasteiger partial charge is 0.457 e. The first-order chi connectivity index (χ1) is 13.0. The molecule has 3 aliphatic heterocycles. The van der Waals surface area contributed by atoms with Crippen molar-refractivity contribution in [3.8, 4) is 0 Å². The van der Waals surface area contributed by atoms with Gasteiger partial charge in [-0.1, -0.05) is 6.92 Å². The van der Waals surface area contributed by atoms with Crippen LogP contribution in [0.4, 0.5) is 0 Å². The van der Waals surface area contributed by atoms with Gasteiger partial charge in [0.1, 0.15) is 6.10 Å². The van der Waals surface area contributed by atoms with Gasteiger partial charge in [0.15, 0.2) is 11.6 Å². The van der Waals surface area contributed by atoms with Crippen molar-refractivity contribution < 1.29 is 23.9 Å². The molecule has 7 aliphatic rings. The molecular formula is C22H24O5. The van der Waals surface area contributed by atoms with E-state index < -0.39 is 6.10 Å². The van der Waals surface area contributed by atoms with E-state index in [1.807, 2.05) is 0 Å². The van der Waals surface area contributed by atoms with Gasteiger partial charge in [-0.15, -0.1) is 0 Å². The normalized spacial score (nSPS) is 50.1. The maximum absolute atomic E-state index is 12.9. The summed E-state index contributed by atoms with van der Waals surface area (Å²) in [5, 5.41) is 0. The van der Waals surface area contributed by atoms with E-state index in [9.17, 15) is 14.4 Å². The van der Waals surface area contributed by atoms with Crippen LogP contribution in [0.5, 0.6) is 0 Å². The summed E-state index contributed by atoms with van der Waals surface area (Å²) in [4.78, 5) is 38.4. The Kier molecular flexibility index (Phi) is 3.12. The van der Waals surface area contributed by atoms with Crippen molar-refractivity contribution in [1.82, 2.24) is 0 Å². The van der Waals surface area contributed by atoms with E-state index >= 15 is 0 Å². The summed E-state index contributed by atoms with van der Waals surface area (Å²) in [5.41, 5.74) is 0.669. The van der Waals surface area contributed by atoms with Crippen LogP contribution in [-0.2, 0) is 23.9 Å². The molecule has 0 aromatic rings. The van der Waals surface area contributed by atoms with Crippen LogP contribution >= 0.6 is 0 Å². The van der Waals surface area contributed by atoms with Gasteiger partial charge in [-0.05, 0) is 62.0 Å². The number of hydrogen-bond donors (Lipinski definition) is 0. The zero-order valence-electron chi connectivity index (χ0n) is 15.5. The van der Waals surface area contributed by atoms with E-state index in [-0.39, 0.29) is 40.9 Å². The predicted molar refractivity (Wildman–Crippen MR) is 94.4 cm³/mol. The zero-order chi connectivity index (χ0) is 18.5. The first-order valence-electron chi connectivity index (χ1n) is 10.3. The number of hydrogen-bond acceptors (Lipinski definition) is 5. The molecule has 142 valence electrons. The monoisotopic (exact) mass is 368 g/mol. The lowest BCUT2D eigenvalue weighted by molar-refractivity contribution is -0.187. The molecule has 2 bridgehead atoms. The molecule has 0 radical (unpaired) electrons. The van der Waals surface area contributed by atoms with Crippen molar-refractivity contribution in [2.24, 2.45) is 35.0 Å². The molecular weight excluding hydrogens is 344 g/mol. The van der Waals surface area contributed by atoms with Gasteiger partial charge in [-0.3, -0.25) is 14.4 Å². The maximum Gasteiger partial charge on any atom is 0.310 e. The molecule has 4 aliphatic carbocycles. The first kappa shape index (κ1) is 16.2. The number of carbonyl (C=O) groups is 3. The van der Waals surface area contributed by atoms with Crippen LogP contribution in [0.1, 0.15) is 39.0 Å². The third kappa shape index (κ3) is 1.82. The molecule has 27 heavy (non-hydrogen) atoms. The summed E-state index contributed by atoms with van der Waals surface area (Å²) in [6, 6.07) is 0. The fraction of sp³-hybridized carbons (Fsp3) is 0.682. The van der Waals surface area contributed by atoms with Crippen LogP contribution in [0.3, 0.4) is 0 Å². The highest BCUT2D eigenvalue weighted by Crippen LogP contribution is 2.67. The highest BCUT2D eigenvalue weighted by molar-refractivity contribution is 6.21. The molecule has 1 spiro atoms. The van der Waals surface area contributed by atoms with E-state index in [0.29, 0.717) is 35.5 Å². The molecule has 8 unspecified atom stereocenters. The lowest BCUT2D eigenvalue weighted by Gasteiger charge is -2.62. The number of rotatable bonds is 0. The molecule has 2 saturated carbocycles. The summed E-state index contributed by atoms with van der Waals surface area (Å²) < 4.78 is 12.3. The second kappa shape index (κ2) is 5.19. The van der Waals surface area contributed by atoms with Gasteiger partial charge in [0.25, 0.3) is 0 Å². The molecule has 5 fully saturated rings. The average Bonchev–Trinajstić information content (AvgIpc) is 2.99. The molecule has 5 nitrogen and oxygen atoms in total. The highest BCUT2D eigenvalue weighted by Gasteiger charge is 2.70. The van der Waals surface area contributed by atoms with Crippen LogP contribution in [0.15, 0.2) is 23.3 Å². The Bertz CT molecular complexity index is 838. The Hall–Kier alpha value is -1.75. The van der Waals surface area contributed by atoms with E-state index in [2.05, 4.69) is 6.92 Å². The number of ketones is 2. The minimum absolute atomic E-state index is 0.0230. The van der Waals surface area contributed by atoms with Crippen molar-refractivity contribution >= 4 is 17.5 Å². The lowest BCUT2D eigenvalue weighted by Crippen LogP contribution is -2.64. The third-order valence-corrected chi connectivity index (χ3v) is 8.62. The van der Waals surface area contributed by atoms with Crippen molar-refractivity contribution in [2.45, 2.75) is 51.2 Å². The molecule has 3 heterocycles. The quantitative estimate of drug-likeness (QED) is 0.485. The molecule has 0 aromatic heterocycles. The summed E-state index contributed by atoms with van der Waals surface area (Å²) >= 11 is 0. The Balaban J connectivity index is 1.62. The van der Waals surface area contributed by atoms with Crippen LogP contribution in [0.2, 0.25) is 0 Å². The van der Waals surface area contributed by atoms with Crippen molar-refractivity contribution in [1.29, 1.82) is 0 Å². The molecule has 8 atom stereocenters. The topological polar surface area (TPSA) is 69.7 Å². The third-order valence-electron chi connectivity index (χ3n) is 8.62. The van der Waals surface area contributed by atoms with E-state index in [1.54, 1.807) is 0 Å². The fourth-order valence-electron chi connectivity index (χ4n) is 7.47. The van der Waals surface area contributed by atoms with E-state index in [0.717, 1.165) is 32.1 Å². The molecule has 5 heteroatoms. The number of allylic oxidation sites excluding steroid dienone is 2. The Morgan fingerprint density at radius 3 is 2.63 bits per heavy atom. The summed E-state index contributed by atoms with van der Waals surface area (Å²) in [5.74, 6) is 0.846. The van der Waals surface area contributed by atoms with Gasteiger partial charge in [-0.2, -0.15) is 0 Å². The maximum atomic E-state index is 12.9. The smallest absolute Gasteiger partial charge is 0.310 e. The average molecular weight is 368 g/mol. The van der Waals surface area contributed by atoms with Crippen LogP contribution in [-0.4, -0.2) is 36.4 Å². The predicted octanol–water partition coefficient (Wildman–Crippen LogP) is 2.39. The summed E-state index contributed by atoms with van der Waals surface area (Å²) in [6.07, 6.45) is 6.83. The minimum Gasteiger partial charge on any atom is -0.457 e. The van der Waals surface area contributed by atoms with E-state index in [1.165, 1.54) is 12.2 Å². The van der Waals surface area contributed by atoms with Gasteiger partial charge in [0.2, 0.25) is 0 Å². The van der Waals surface area contributed by atoms with Crippen LogP contribution in [0.25, 0.3) is 0 Å². The van der Waals surface area contributed by atoms with Crippen molar-refractivity contribution in [3.05, 3.63) is 23.3 Å². The van der Waals surface area contributed by atoms with Gasteiger partial charge in [0.05, 0.1) is 18.6 Å². The molecule has 0 aromatic carbocycles. The Morgan fingerprint density at radius 2 is 1.81 bits per heavy atom. The van der Waals surface area contributed by atoms with Crippen LogP contribution < -0.4 is 0 Å². The van der Waals surface area contributed by atoms with E-state index in [4.69, 9.17) is 9.47 Å². The molecule has 3 saturated heterocycles. The lowest BCUT2D eigenvalue weighted by atomic mass is 9.43. The number of esters is 1. The summed E-state index contributed by atoms with van der Waals surface area (Å²) in [7, 11) is 0. The number of carbonyl (C=O) groups excluding carboxylic acids is 3. The SMILES string of the molecule is CC1COC2C3=C(C(=O)C=CC3=O)C3OC(=O)C4CCC5CC1CCC52C43. The standard InChI is InChI=1S/C22H24O5/c1-10-9-26-20-17-15(24)5-4-14(23)16(17)19-18-13(21(25)27-19)3-2-12-8-11(10)6-7-22(12,18)20/h4-5,10-13,18-20H,2-3,6-9H2,1H3. The van der Waals surface area contributed by atoms with Crippen molar-refractivity contribution in [3.63, 3.8) is 0 Å². The first-order valence-corrected chi connectivity index (χ1v) is 10.3. The van der Waals surface area contributed by atoms with Crippen molar-refractivity contribution in [2.75, 3.05) is 6.61 Å². The van der Waals surface area contributed by atoms with Gasteiger partial charge >= 0.3 is 5.97 Å².